The highest BCUT2D eigenvalue weighted by Crippen LogP contribution is 2.42. The van der Waals surface area contributed by atoms with Crippen LogP contribution in [-0.4, -0.2) is 17.2 Å². The molecule has 3 heteroatoms. The highest BCUT2D eigenvalue weighted by atomic mass is 28.3. The van der Waals surface area contributed by atoms with Gasteiger partial charge < -0.3 is 9.13 Å². The zero-order valence-corrected chi connectivity index (χ0v) is 35.6. The first-order valence-electron chi connectivity index (χ1n) is 21.8. The summed E-state index contributed by atoms with van der Waals surface area (Å²) in [6, 6.07) is 94.3. The summed E-state index contributed by atoms with van der Waals surface area (Å²) in [5, 5.41) is 10.4. The van der Waals surface area contributed by atoms with Crippen molar-refractivity contribution in [2.75, 3.05) is 0 Å². The summed E-state index contributed by atoms with van der Waals surface area (Å²) < 4.78 is 4.98. The molecule has 296 valence electrons. The predicted octanol–water partition coefficient (Wildman–Crippen LogP) is 12.6. The first-order valence-corrected chi connectivity index (χ1v) is 23.8. The van der Waals surface area contributed by atoms with Crippen molar-refractivity contribution in [3.05, 3.63) is 255 Å². The van der Waals surface area contributed by atoms with Gasteiger partial charge in [0.25, 0.3) is 0 Å². The summed E-state index contributed by atoms with van der Waals surface area (Å²) in [7, 11) is -2.78. The van der Waals surface area contributed by atoms with Crippen molar-refractivity contribution in [1.29, 1.82) is 0 Å². The van der Waals surface area contributed by atoms with Crippen molar-refractivity contribution in [2.24, 2.45) is 0 Å². The summed E-state index contributed by atoms with van der Waals surface area (Å²) in [5.74, 6) is 0. The molecular weight excluding hydrogens is 777 g/mol. The Morgan fingerprint density at radius 3 is 1.30 bits per heavy atom. The Kier molecular flexibility index (Phi) is 8.87. The molecule has 0 N–H and O–H groups in total. The quantitative estimate of drug-likeness (QED) is 0.107. The standard InChI is InChI=1S/C60H42N2Si/c1-6-21-43(22-7-1)45-25-20-26-46(39-45)61-56-35-18-16-34-52(56)55-41-53(44-23-8-2-9-24-44)59(42-60(55)61)62-57-36-19-17-33-51(57)54-40-50(37-38-58(54)62)63(47-27-10-3-11-28-47,48-29-12-4-13-30-48)49-31-14-5-15-32-49/h1-42H. The van der Waals surface area contributed by atoms with Gasteiger partial charge in [0.05, 0.1) is 27.8 Å². The second kappa shape index (κ2) is 15.2. The van der Waals surface area contributed by atoms with E-state index in [0.29, 0.717) is 0 Å². The lowest BCUT2D eigenvalue weighted by molar-refractivity contribution is 1.16. The average molecular weight is 819 g/mol. The fourth-order valence-corrected chi connectivity index (χ4v) is 15.1. The molecule has 0 atom stereocenters. The van der Waals surface area contributed by atoms with E-state index in [1.165, 1.54) is 86.6 Å². The first kappa shape index (κ1) is 36.8. The van der Waals surface area contributed by atoms with Crippen molar-refractivity contribution in [3.63, 3.8) is 0 Å². The van der Waals surface area contributed by atoms with Crippen LogP contribution < -0.4 is 20.7 Å². The Morgan fingerprint density at radius 1 is 0.254 bits per heavy atom. The Morgan fingerprint density at radius 2 is 0.714 bits per heavy atom. The Hall–Kier alpha value is -7.98. The molecule has 0 aliphatic heterocycles. The van der Waals surface area contributed by atoms with Crippen molar-refractivity contribution in [2.45, 2.75) is 0 Å². The maximum Gasteiger partial charge on any atom is 0.179 e. The van der Waals surface area contributed by atoms with Crippen LogP contribution in [0, 0.1) is 0 Å². The summed E-state index contributed by atoms with van der Waals surface area (Å²) in [6.07, 6.45) is 0. The molecule has 2 nitrogen and oxygen atoms in total. The molecule has 10 aromatic carbocycles. The van der Waals surface area contributed by atoms with Crippen LogP contribution in [-0.2, 0) is 0 Å². The topological polar surface area (TPSA) is 9.86 Å². The van der Waals surface area contributed by atoms with Gasteiger partial charge in [0.1, 0.15) is 0 Å². The average Bonchev–Trinajstić information content (AvgIpc) is 3.87. The molecule has 0 fully saturated rings. The van der Waals surface area contributed by atoms with E-state index in [9.17, 15) is 0 Å². The fraction of sp³-hybridized carbons (Fsp3) is 0. The lowest BCUT2D eigenvalue weighted by Gasteiger charge is -2.34. The summed E-state index contributed by atoms with van der Waals surface area (Å²) in [4.78, 5) is 0. The van der Waals surface area contributed by atoms with E-state index >= 15 is 0 Å². The van der Waals surface area contributed by atoms with Crippen LogP contribution in [0.3, 0.4) is 0 Å². The van der Waals surface area contributed by atoms with E-state index in [1.54, 1.807) is 0 Å². The second-order valence-corrected chi connectivity index (χ2v) is 20.3. The highest BCUT2D eigenvalue weighted by Gasteiger charge is 2.41. The van der Waals surface area contributed by atoms with Crippen molar-refractivity contribution < 1.29 is 0 Å². The van der Waals surface area contributed by atoms with E-state index in [4.69, 9.17) is 0 Å². The van der Waals surface area contributed by atoms with Gasteiger partial charge in [0, 0.05) is 32.8 Å². The third kappa shape index (κ3) is 5.93. The van der Waals surface area contributed by atoms with Gasteiger partial charge in [0.15, 0.2) is 8.07 Å². The number of rotatable bonds is 8. The van der Waals surface area contributed by atoms with Crippen LogP contribution in [0.15, 0.2) is 255 Å². The van der Waals surface area contributed by atoms with Gasteiger partial charge in [-0.3, -0.25) is 0 Å². The summed E-state index contributed by atoms with van der Waals surface area (Å²) in [5.41, 5.74) is 11.8. The van der Waals surface area contributed by atoms with Crippen molar-refractivity contribution in [1.82, 2.24) is 9.13 Å². The SMILES string of the molecule is c1ccc(-c2cccc(-n3c4ccccc4c4cc(-c5ccccc5)c(-n5c6ccccc6c6cc([Si](c7ccccc7)(c7ccccc7)c7ccccc7)ccc65)cc43)c2)cc1. The van der Waals surface area contributed by atoms with E-state index < -0.39 is 8.07 Å². The predicted molar refractivity (Wildman–Crippen MR) is 270 cm³/mol. The van der Waals surface area contributed by atoms with Gasteiger partial charge in [0.2, 0.25) is 0 Å². The molecule has 0 spiro atoms. The van der Waals surface area contributed by atoms with E-state index in [0.717, 1.165) is 11.4 Å². The van der Waals surface area contributed by atoms with Crippen LogP contribution in [0.2, 0.25) is 0 Å². The van der Waals surface area contributed by atoms with E-state index in [-0.39, 0.29) is 0 Å². The minimum Gasteiger partial charge on any atom is -0.309 e. The number of aromatic nitrogens is 2. The monoisotopic (exact) mass is 818 g/mol. The molecule has 63 heavy (non-hydrogen) atoms. The summed E-state index contributed by atoms with van der Waals surface area (Å²) >= 11 is 0. The molecular formula is C60H42N2Si. The third-order valence-corrected chi connectivity index (χ3v) is 17.8. The fourth-order valence-electron chi connectivity index (χ4n) is 10.3. The molecule has 0 aliphatic rings. The molecule has 12 rings (SSSR count). The molecule has 12 aromatic rings. The number of fused-ring (bicyclic) bond motifs is 6. The Balaban J connectivity index is 1.17. The van der Waals surface area contributed by atoms with Gasteiger partial charge >= 0.3 is 0 Å². The maximum absolute atomic E-state index is 2.78. The van der Waals surface area contributed by atoms with Crippen LogP contribution >= 0.6 is 0 Å². The minimum atomic E-state index is -2.78. The summed E-state index contributed by atoms with van der Waals surface area (Å²) in [6.45, 7) is 0. The molecule has 0 bridgehead atoms. The number of benzene rings is 10. The number of hydrogen-bond acceptors (Lipinski definition) is 0. The van der Waals surface area contributed by atoms with Crippen molar-refractivity contribution >= 4 is 72.4 Å². The maximum atomic E-state index is 2.53. The molecule has 0 amide bonds. The van der Waals surface area contributed by atoms with E-state index in [2.05, 4.69) is 264 Å². The largest absolute Gasteiger partial charge is 0.309 e. The Labute approximate surface area is 368 Å². The van der Waals surface area contributed by atoms with Crippen molar-refractivity contribution in [3.8, 4) is 33.6 Å². The molecule has 0 saturated carbocycles. The molecule has 0 unspecified atom stereocenters. The van der Waals surface area contributed by atoms with Gasteiger partial charge in [-0.05, 0) is 79.9 Å². The van der Waals surface area contributed by atoms with Crippen LogP contribution in [0.1, 0.15) is 0 Å². The van der Waals surface area contributed by atoms with Crippen LogP contribution in [0.5, 0.6) is 0 Å². The Bertz CT molecular complexity index is 3500. The van der Waals surface area contributed by atoms with E-state index in [1.807, 2.05) is 0 Å². The smallest absolute Gasteiger partial charge is 0.179 e. The minimum absolute atomic E-state index is 1.14. The molecule has 2 aromatic heterocycles. The number of hydrogen-bond donors (Lipinski definition) is 0. The number of para-hydroxylation sites is 2. The zero-order chi connectivity index (χ0) is 41.7. The zero-order valence-electron chi connectivity index (χ0n) is 34.6. The molecule has 0 saturated heterocycles. The number of nitrogens with zero attached hydrogens (tertiary/aromatic N) is 2. The van der Waals surface area contributed by atoms with Gasteiger partial charge in [-0.2, -0.15) is 0 Å². The van der Waals surface area contributed by atoms with Crippen LogP contribution in [0.25, 0.3) is 77.2 Å². The molecule has 0 aliphatic carbocycles. The third-order valence-electron chi connectivity index (χ3n) is 13.1. The normalized spacial score (nSPS) is 11.8. The van der Waals surface area contributed by atoms with Gasteiger partial charge in [-0.1, -0.05) is 212 Å². The second-order valence-electron chi connectivity index (χ2n) is 16.5. The lowest BCUT2D eigenvalue weighted by Crippen LogP contribution is -2.74. The van der Waals surface area contributed by atoms with Gasteiger partial charge in [-0.25, -0.2) is 0 Å². The first-order chi connectivity index (χ1) is 31.3. The highest BCUT2D eigenvalue weighted by molar-refractivity contribution is 7.20. The molecule has 2 heterocycles. The molecule has 0 radical (unpaired) electrons. The van der Waals surface area contributed by atoms with Gasteiger partial charge in [-0.15, -0.1) is 0 Å². The van der Waals surface area contributed by atoms with Crippen LogP contribution in [0.4, 0.5) is 0 Å². The lowest BCUT2D eigenvalue weighted by atomic mass is 10.00.